The predicted molar refractivity (Wildman–Crippen MR) is 140 cm³/mol. The number of benzene rings is 3. The van der Waals surface area contributed by atoms with Crippen LogP contribution in [0.25, 0.3) is 22.3 Å². The van der Waals surface area contributed by atoms with E-state index in [4.69, 9.17) is 18.4 Å². The van der Waals surface area contributed by atoms with Crippen molar-refractivity contribution in [1.29, 1.82) is 0 Å². The fraction of sp³-hybridized carbons (Fsp3) is 0.259. The summed E-state index contributed by atoms with van der Waals surface area (Å²) >= 11 is 0. The maximum absolute atomic E-state index is 12.0. The summed E-state index contributed by atoms with van der Waals surface area (Å²) in [6.07, 6.45) is 6.34. The molecular weight excluding hydrogens is 500 g/mol. The Hall–Kier alpha value is -4.05. The van der Waals surface area contributed by atoms with Gasteiger partial charge in [0.2, 0.25) is 5.75 Å². The number of ether oxygens (including phenoxy) is 3. The zero-order valence-corrected chi connectivity index (χ0v) is 21.8. The van der Waals surface area contributed by atoms with Gasteiger partial charge in [0.05, 0.1) is 26.0 Å². The summed E-state index contributed by atoms with van der Waals surface area (Å²) in [7, 11) is -1.20. The average molecular weight is 531 g/mol. The molecule has 0 saturated heterocycles. The number of phenolic OH excluding ortho intramolecular Hbond substituents is 3. The number of rotatable bonds is 11. The second kappa shape index (κ2) is 11.8. The van der Waals surface area contributed by atoms with Crippen molar-refractivity contribution in [2.75, 3.05) is 27.1 Å². The first kappa shape index (κ1) is 27.5. The molecule has 0 bridgehead atoms. The van der Waals surface area contributed by atoms with Crippen molar-refractivity contribution in [3.8, 4) is 62.5 Å². The number of hydrogen-bond donors (Lipinski definition) is 3. The highest BCUT2D eigenvalue weighted by Crippen LogP contribution is 2.52. The first-order chi connectivity index (χ1) is 17.6. The molecule has 0 fully saturated rings. The lowest BCUT2D eigenvalue weighted by atomic mass is 9.96. The van der Waals surface area contributed by atoms with E-state index in [0.29, 0.717) is 11.1 Å². The first-order valence-electron chi connectivity index (χ1n) is 11.4. The van der Waals surface area contributed by atoms with Crippen molar-refractivity contribution in [1.82, 2.24) is 0 Å². The summed E-state index contributed by atoms with van der Waals surface area (Å²) in [6, 6.07) is 10.5. The minimum atomic E-state index is -3.99. The van der Waals surface area contributed by atoms with Crippen molar-refractivity contribution in [3.05, 3.63) is 54.6 Å². The maximum Gasteiger partial charge on any atom is 0.306 e. The fourth-order valence-corrected chi connectivity index (χ4v) is 4.16. The van der Waals surface area contributed by atoms with Crippen LogP contribution in [0.3, 0.4) is 0 Å². The molecule has 10 heteroatoms. The lowest BCUT2D eigenvalue weighted by Crippen LogP contribution is -2.08. The molecule has 0 amide bonds. The summed E-state index contributed by atoms with van der Waals surface area (Å²) in [6.45, 7) is 2.11. The van der Waals surface area contributed by atoms with Crippen LogP contribution in [0.1, 0.15) is 19.8 Å². The topological polar surface area (TPSA) is 132 Å². The quantitative estimate of drug-likeness (QED) is 0.225. The molecule has 0 aromatic heterocycles. The highest BCUT2D eigenvalue weighted by Gasteiger charge is 2.25. The number of aromatic hydroxyl groups is 3. The molecule has 0 atom stereocenters. The number of hydrogen-bond acceptors (Lipinski definition) is 9. The van der Waals surface area contributed by atoms with Gasteiger partial charge in [0.1, 0.15) is 18.1 Å². The van der Waals surface area contributed by atoms with E-state index in [0.717, 1.165) is 19.1 Å². The van der Waals surface area contributed by atoms with Crippen LogP contribution in [0, 0.1) is 0 Å². The van der Waals surface area contributed by atoms with E-state index < -0.39 is 15.9 Å². The fourth-order valence-electron chi connectivity index (χ4n) is 3.71. The molecule has 0 aliphatic heterocycles. The van der Waals surface area contributed by atoms with Crippen LogP contribution in [0.15, 0.2) is 54.6 Å². The molecule has 0 saturated carbocycles. The van der Waals surface area contributed by atoms with Gasteiger partial charge in [0.25, 0.3) is 0 Å². The molecule has 3 N–H and O–H groups in total. The minimum Gasteiger partial charge on any atom is -0.508 e. The van der Waals surface area contributed by atoms with Gasteiger partial charge in [-0.25, -0.2) is 0 Å². The molecule has 0 heterocycles. The third-order valence-corrected chi connectivity index (χ3v) is 5.81. The normalized spacial score (nSPS) is 11.5. The Morgan fingerprint density at radius 2 is 1.57 bits per heavy atom. The smallest absolute Gasteiger partial charge is 0.306 e. The van der Waals surface area contributed by atoms with Crippen molar-refractivity contribution >= 4 is 10.1 Å². The highest BCUT2D eigenvalue weighted by atomic mass is 32.2. The minimum absolute atomic E-state index is 0.0765. The van der Waals surface area contributed by atoms with Gasteiger partial charge in [0, 0.05) is 5.56 Å². The van der Waals surface area contributed by atoms with Gasteiger partial charge in [0.15, 0.2) is 23.0 Å². The Morgan fingerprint density at radius 3 is 2.16 bits per heavy atom. The van der Waals surface area contributed by atoms with Crippen LogP contribution in [0.4, 0.5) is 0 Å². The van der Waals surface area contributed by atoms with Crippen LogP contribution >= 0.6 is 0 Å². The van der Waals surface area contributed by atoms with E-state index in [2.05, 4.69) is 0 Å². The van der Waals surface area contributed by atoms with E-state index in [1.54, 1.807) is 24.3 Å². The molecule has 198 valence electrons. The van der Waals surface area contributed by atoms with E-state index in [-0.39, 0.29) is 52.2 Å². The first-order valence-corrected chi connectivity index (χ1v) is 13.2. The van der Waals surface area contributed by atoms with Crippen LogP contribution in [0.5, 0.6) is 40.2 Å². The lowest BCUT2D eigenvalue weighted by molar-refractivity contribution is 0.323. The third-order valence-electron chi connectivity index (χ3n) is 5.33. The predicted octanol–water partition coefficient (Wildman–Crippen LogP) is 5.23. The van der Waals surface area contributed by atoms with E-state index in [1.165, 1.54) is 38.5 Å². The summed E-state index contributed by atoms with van der Waals surface area (Å²) in [5.74, 6) is -0.748. The van der Waals surface area contributed by atoms with E-state index >= 15 is 0 Å². The Balaban J connectivity index is 2.18. The van der Waals surface area contributed by atoms with Gasteiger partial charge in [-0.2, -0.15) is 8.42 Å². The Labute approximate surface area is 216 Å². The van der Waals surface area contributed by atoms with E-state index in [9.17, 15) is 23.7 Å². The van der Waals surface area contributed by atoms with E-state index in [1.807, 2.05) is 13.0 Å². The molecule has 3 aromatic rings. The summed E-state index contributed by atoms with van der Waals surface area (Å²) < 4.78 is 45.6. The maximum atomic E-state index is 12.0. The van der Waals surface area contributed by atoms with Gasteiger partial charge < -0.3 is 33.7 Å². The highest BCUT2D eigenvalue weighted by molar-refractivity contribution is 7.86. The molecule has 0 radical (unpaired) electrons. The summed E-state index contributed by atoms with van der Waals surface area (Å²) in [5, 5.41) is 31.6. The summed E-state index contributed by atoms with van der Waals surface area (Å²) in [4.78, 5) is 0. The number of phenols is 3. The Kier molecular flexibility index (Phi) is 8.77. The zero-order chi connectivity index (χ0) is 27.2. The van der Waals surface area contributed by atoms with Crippen molar-refractivity contribution in [2.45, 2.75) is 19.8 Å². The van der Waals surface area contributed by atoms with Crippen LogP contribution < -0.4 is 18.4 Å². The van der Waals surface area contributed by atoms with Gasteiger partial charge in [-0.05, 0) is 47.9 Å². The molecule has 3 aromatic carbocycles. The Morgan fingerprint density at radius 1 is 0.865 bits per heavy atom. The molecule has 0 unspecified atom stereocenters. The summed E-state index contributed by atoms with van der Waals surface area (Å²) in [5.41, 5.74) is 1.44. The van der Waals surface area contributed by atoms with Gasteiger partial charge in [-0.1, -0.05) is 37.6 Å². The third kappa shape index (κ3) is 6.59. The largest absolute Gasteiger partial charge is 0.508 e. The monoisotopic (exact) mass is 530 g/mol. The number of allylic oxidation sites excluding steroid dienone is 1. The second-order valence-corrected chi connectivity index (χ2v) is 9.69. The molecule has 0 spiro atoms. The molecule has 0 aliphatic rings. The molecule has 9 nitrogen and oxygen atoms in total. The molecule has 3 rings (SSSR count). The van der Waals surface area contributed by atoms with Crippen LogP contribution in [-0.4, -0.2) is 50.8 Å². The molecular formula is C27H30O9S. The van der Waals surface area contributed by atoms with Crippen molar-refractivity contribution < 1.29 is 42.1 Å². The Bertz CT molecular complexity index is 1380. The van der Waals surface area contributed by atoms with Gasteiger partial charge >= 0.3 is 10.1 Å². The van der Waals surface area contributed by atoms with Crippen molar-refractivity contribution in [2.24, 2.45) is 0 Å². The second-order valence-electron chi connectivity index (χ2n) is 8.11. The van der Waals surface area contributed by atoms with Crippen molar-refractivity contribution in [3.63, 3.8) is 0 Å². The zero-order valence-electron chi connectivity index (χ0n) is 21.0. The SMILES string of the molecule is CCC/C=C\COc1c(O)cc(-c2c(OC)cc(-c3ccc(O)cc3)c(OC)c2O)cc1OS(C)(=O)=O. The molecule has 37 heavy (non-hydrogen) atoms. The van der Waals surface area contributed by atoms with Gasteiger partial charge in [-0.3, -0.25) is 0 Å². The standard InChI is InChI=1S/C27H30O9S/c1-5-6-7-8-13-35-27-21(29)14-18(15-23(27)36-37(4,31)32)24-22(33-2)16-20(26(34-3)25(24)30)17-9-11-19(28)12-10-17/h7-12,14-16,28-30H,5-6,13H2,1-4H3/b8-7-. The van der Waals surface area contributed by atoms with Crippen LogP contribution in [-0.2, 0) is 10.1 Å². The molecule has 0 aliphatic carbocycles. The van der Waals surface area contributed by atoms with Gasteiger partial charge in [-0.15, -0.1) is 0 Å². The van der Waals surface area contributed by atoms with Crippen LogP contribution in [0.2, 0.25) is 0 Å². The lowest BCUT2D eigenvalue weighted by Gasteiger charge is -2.19. The average Bonchev–Trinajstić information content (AvgIpc) is 2.84. The number of methoxy groups -OCH3 is 2. The number of unbranched alkanes of at least 4 members (excludes halogenated alkanes) is 1.